The van der Waals surface area contributed by atoms with E-state index in [1.165, 1.54) is 0 Å². The molecule has 1 unspecified atom stereocenters. The molecule has 1 aromatic carbocycles. The molecule has 0 amide bonds. The Hall–Kier alpha value is -1.32. The summed E-state index contributed by atoms with van der Waals surface area (Å²) < 4.78 is 11.2. The fraction of sp³-hybridized carbons (Fsp3) is 0.467. The molecule has 0 aliphatic heterocycles. The number of para-hydroxylation sites is 1. The first-order chi connectivity index (χ1) is 8.72. The van der Waals surface area contributed by atoms with Crippen molar-refractivity contribution in [1.82, 2.24) is 0 Å². The monoisotopic (exact) mass is 247 g/mol. The molecule has 0 aliphatic carbocycles. The highest BCUT2D eigenvalue weighted by atomic mass is 16.5. The van der Waals surface area contributed by atoms with Crippen molar-refractivity contribution >= 4 is 11.0 Å². The van der Waals surface area contributed by atoms with Gasteiger partial charge in [-0.25, -0.2) is 0 Å². The van der Waals surface area contributed by atoms with Crippen LogP contribution in [0.3, 0.4) is 0 Å². The zero-order chi connectivity index (χ0) is 13.0. The van der Waals surface area contributed by atoms with Gasteiger partial charge in [0.05, 0.1) is 6.04 Å². The molecule has 1 atom stereocenters. The van der Waals surface area contributed by atoms with Crippen molar-refractivity contribution in [2.45, 2.75) is 32.7 Å². The Balaban J connectivity index is 2.04. The maximum atomic E-state index is 6.14. The topological polar surface area (TPSA) is 48.4 Å². The lowest BCUT2D eigenvalue weighted by Gasteiger charge is -2.08. The van der Waals surface area contributed by atoms with E-state index in [1.54, 1.807) is 0 Å². The summed E-state index contributed by atoms with van der Waals surface area (Å²) in [7, 11) is 0. The van der Waals surface area contributed by atoms with Crippen molar-refractivity contribution in [2.24, 2.45) is 5.73 Å². The van der Waals surface area contributed by atoms with Crippen molar-refractivity contribution in [1.29, 1.82) is 0 Å². The normalized spacial score (nSPS) is 13.1. The second kappa shape index (κ2) is 6.03. The highest BCUT2D eigenvalue weighted by Gasteiger charge is 2.12. The van der Waals surface area contributed by atoms with E-state index in [9.17, 15) is 0 Å². The number of fused-ring (bicyclic) bond motifs is 1. The zero-order valence-corrected chi connectivity index (χ0v) is 11.1. The van der Waals surface area contributed by atoms with E-state index < -0.39 is 0 Å². The van der Waals surface area contributed by atoms with Gasteiger partial charge in [0.1, 0.15) is 11.3 Å². The van der Waals surface area contributed by atoms with E-state index in [1.807, 2.05) is 19.1 Å². The number of hydrogen-bond donors (Lipinski definition) is 1. The molecule has 0 saturated carbocycles. The molecule has 98 valence electrons. The molecule has 2 N–H and O–H groups in total. The van der Waals surface area contributed by atoms with Crippen LogP contribution in [-0.2, 0) is 4.74 Å². The third kappa shape index (κ3) is 2.92. The minimum atomic E-state index is -0.0442. The van der Waals surface area contributed by atoms with Gasteiger partial charge in [0.15, 0.2) is 0 Å². The van der Waals surface area contributed by atoms with Gasteiger partial charge in [0.2, 0.25) is 0 Å². The Morgan fingerprint density at radius 2 is 2.22 bits per heavy atom. The lowest BCUT2D eigenvalue weighted by molar-refractivity contribution is 0.141. The Morgan fingerprint density at radius 3 is 2.94 bits per heavy atom. The Bertz CT molecular complexity index is 504. The smallest absolute Gasteiger partial charge is 0.137 e. The summed E-state index contributed by atoms with van der Waals surface area (Å²) in [6, 6.07) is 8.15. The maximum Gasteiger partial charge on any atom is 0.137 e. The van der Waals surface area contributed by atoms with Crippen molar-refractivity contribution < 1.29 is 9.15 Å². The first-order valence-electron chi connectivity index (χ1n) is 6.54. The highest BCUT2D eigenvalue weighted by Crippen LogP contribution is 2.27. The molecule has 0 fully saturated rings. The van der Waals surface area contributed by atoms with Gasteiger partial charge in [-0.2, -0.15) is 0 Å². The van der Waals surface area contributed by atoms with Crippen LogP contribution >= 0.6 is 0 Å². The van der Waals surface area contributed by atoms with E-state index in [4.69, 9.17) is 14.9 Å². The van der Waals surface area contributed by atoms with Gasteiger partial charge in [0.25, 0.3) is 0 Å². The largest absolute Gasteiger partial charge is 0.459 e. The first kappa shape index (κ1) is 13.1. The molecule has 0 spiro atoms. The molecule has 0 bridgehead atoms. The van der Waals surface area contributed by atoms with Gasteiger partial charge >= 0.3 is 0 Å². The van der Waals surface area contributed by atoms with Crippen LogP contribution < -0.4 is 5.73 Å². The zero-order valence-electron chi connectivity index (χ0n) is 11.1. The first-order valence-corrected chi connectivity index (χ1v) is 6.54. The van der Waals surface area contributed by atoms with Crippen LogP contribution in [0.25, 0.3) is 11.0 Å². The van der Waals surface area contributed by atoms with Gasteiger partial charge in [-0.05, 0) is 38.3 Å². The number of ether oxygens (including phenoxy) is 1. The number of hydrogen-bond acceptors (Lipinski definition) is 3. The molecule has 2 aromatic rings. The molecule has 3 nitrogen and oxygen atoms in total. The predicted molar refractivity (Wildman–Crippen MR) is 73.6 cm³/mol. The van der Waals surface area contributed by atoms with Crippen molar-refractivity contribution in [3.05, 3.63) is 35.6 Å². The summed E-state index contributed by atoms with van der Waals surface area (Å²) in [5.41, 5.74) is 8.25. The fourth-order valence-corrected chi connectivity index (χ4v) is 2.10. The molecular weight excluding hydrogens is 226 g/mol. The number of benzene rings is 1. The third-order valence-electron chi connectivity index (χ3n) is 3.13. The minimum Gasteiger partial charge on any atom is -0.459 e. The fourth-order valence-electron chi connectivity index (χ4n) is 2.10. The SMILES string of the molecule is CCOCCCC(N)c1cc2cccc(C)c2o1. The molecule has 0 saturated heterocycles. The van der Waals surface area contributed by atoms with Crippen LogP contribution in [0.2, 0.25) is 0 Å². The van der Waals surface area contributed by atoms with Gasteiger partial charge in [-0.15, -0.1) is 0 Å². The van der Waals surface area contributed by atoms with Crippen molar-refractivity contribution in [3.8, 4) is 0 Å². The van der Waals surface area contributed by atoms with Gasteiger partial charge in [-0.3, -0.25) is 0 Å². The van der Waals surface area contributed by atoms with Crippen LogP contribution in [0.15, 0.2) is 28.7 Å². The summed E-state index contributed by atoms with van der Waals surface area (Å²) in [5.74, 6) is 0.871. The average Bonchev–Trinajstić information content (AvgIpc) is 2.80. The van der Waals surface area contributed by atoms with Gasteiger partial charge in [-0.1, -0.05) is 18.2 Å². The lowest BCUT2D eigenvalue weighted by atomic mass is 10.1. The van der Waals surface area contributed by atoms with Crippen LogP contribution in [0.5, 0.6) is 0 Å². The van der Waals surface area contributed by atoms with E-state index in [2.05, 4.69) is 19.1 Å². The van der Waals surface area contributed by atoms with Crippen molar-refractivity contribution in [3.63, 3.8) is 0 Å². The molecule has 1 heterocycles. The summed E-state index contributed by atoms with van der Waals surface area (Å²) in [4.78, 5) is 0. The Labute approximate surface area is 108 Å². The number of nitrogens with two attached hydrogens (primary N) is 1. The second-order valence-electron chi connectivity index (χ2n) is 4.59. The highest BCUT2D eigenvalue weighted by molar-refractivity contribution is 5.80. The average molecular weight is 247 g/mol. The lowest BCUT2D eigenvalue weighted by Crippen LogP contribution is -2.10. The van der Waals surface area contributed by atoms with Gasteiger partial charge in [0, 0.05) is 18.6 Å². The van der Waals surface area contributed by atoms with E-state index >= 15 is 0 Å². The van der Waals surface area contributed by atoms with Crippen molar-refractivity contribution in [2.75, 3.05) is 13.2 Å². The van der Waals surface area contributed by atoms with Crippen LogP contribution in [0, 0.1) is 6.92 Å². The predicted octanol–water partition coefficient (Wildman–Crippen LogP) is 3.56. The van der Waals surface area contributed by atoms with E-state index in [0.29, 0.717) is 0 Å². The number of furan rings is 1. The Morgan fingerprint density at radius 1 is 1.39 bits per heavy atom. The third-order valence-corrected chi connectivity index (χ3v) is 3.13. The van der Waals surface area contributed by atoms with E-state index in [-0.39, 0.29) is 6.04 Å². The molecule has 0 aliphatic rings. The summed E-state index contributed by atoms with van der Waals surface area (Å²) in [6.07, 6.45) is 1.85. The summed E-state index contributed by atoms with van der Waals surface area (Å²) >= 11 is 0. The molecule has 2 rings (SSSR count). The van der Waals surface area contributed by atoms with E-state index in [0.717, 1.165) is 48.3 Å². The standard InChI is InChI=1S/C15H21NO2/c1-3-17-9-5-8-13(16)14-10-12-7-4-6-11(2)15(12)18-14/h4,6-7,10,13H,3,5,8-9,16H2,1-2H3. The molecular formula is C15H21NO2. The van der Waals surface area contributed by atoms with Crippen LogP contribution in [0.1, 0.15) is 37.1 Å². The molecule has 3 heteroatoms. The number of rotatable bonds is 6. The summed E-state index contributed by atoms with van der Waals surface area (Å²) in [6.45, 7) is 5.58. The molecule has 18 heavy (non-hydrogen) atoms. The molecule has 0 radical (unpaired) electrons. The quantitative estimate of drug-likeness (QED) is 0.794. The van der Waals surface area contributed by atoms with Crippen LogP contribution in [-0.4, -0.2) is 13.2 Å². The Kier molecular flexibility index (Phi) is 4.39. The molecule has 1 aromatic heterocycles. The summed E-state index contributed by atoms with van der Waals surface area (Å²) in [5, 5.41) is 1.13. The maximum absolute atomic E-state index is 6.14. The minimum absolute atomic E-state index is 0.0442. The second-order valence-corrected chi connectivity index (χ2v) is 4.59. The van der Waals surface area contributed by atoms with Crippen LogP contribution in [0.4, 0.5) is 0 Å². The number of aryl methyl sites for hydroxylation is 1. The van der Waals surface area contributed by atoms with Gasteiger partial charge < -0.3 is 14.9 Å².